The van der Waals surface area contributed by atoms with Crippen LogP contribution in [0.2, 0.25) is 0 Å². The van der Waals surface area contributed by atoms with E-state index in [0.717, 1.165) is 126 Å². The molecule has 0 bridgehead atoms. The molecule has 0 spiro atoms. The quantitative estimate of drug-likeness (QED) is 0.121. The summed E-state index contributed by atoms with van der Waals surface area (Å²) in [6, 6.07) is 30.0. The predicted octanol–water partition coefficient (Wildman–Crippen LogP) is 8.55. The summed E-state index contributed by atoms with van der Waals surface area (Å²) in [7, 11) is -3.49. The van der Waals surface area contributed by atoms with E-state index in [1.54, 1.807) is 6.07 Å². The molecule has 0 atom stereocenters. The monoisotopic (exact) mass is 928 g/mol. The maximum atomic E-state index is 14.7. The number of anilines is 2. The van der Waals surface area contributed by atoms with Crippen LogP contribution in [0.3, 0.4) is 0 Å². The molecule has 67 heavy (non-hydrogen) atoms. The Labute approximate surface area is 393 Å². The van der Waals surface area contributed by atoms with Crippen LogP contribution in [0.15, 0.2) is 91.0 Å². The number of fused-ring (bicyclic) bond motifs is 4. The number of hydrogen-bond donors (Lipinski definition) is 1. The van der Waals surface area contributed by atoms with Crippen molar-refractivity contribution in [3.8, 4) is 17.2 Å². The molecule has 6 heterocycles. The fraction of sp³-hybridized carbons (Fsp3) is 0.415. The number of nitrogens with one attached hydrogen (secondary N) is 1. The van der Waals surface area contributed by atoms with Crippen molar-refractivity contribution in [2.24, 2.45) is 11.8 Å². The van der Waals surface area contributed by atoms with Gasteiger partial charge in [-0.05, 0) is 174 Å². The summed E-state index contributed by atoms with van der Waals surface area (Å²) in [5.74, 6) is 2.55. The van der Waals surface area contributed by atoms with Crippen LogP contribution in [0.1, 0.15) is 53.8 Å². The smallest absolute Gasteiger partial charge is 0.232 e. The number of carbonyl (C=O) groups excluding carboxylic acids is 1. The third-order valence-electron chi connectivity index (χ3n) is 13.5. The molecule has 0 radical (unpaired) electrons. The highest BCUT2D eigenvalue weighted by Crippen LogP contribution is 2.38. The van der Waals surface area contributed by atoms with Crippen molar-refractivity contribution in [1.29, 1.82) is 0 Å². The first-order valence-electron chi connectivity index (χ1n) is 23.7. The lowest BCUT2D eigenvalue weighted by molar-refractivity contribution is -0.115. The SMILES string of the molecule is Cc1ccc2c(OCCN3CCC(Cc4cc(F)c5c(c4)N(S(C)(=O)=O)CCO5)CC3)cccc2n1.Cc1ccc2c(OCCN3CCC(Cc4ccc5c(c4)NC(=O)C5)CC3)cccc2n1. The number of nitrogens with zero attached hydrogens (tertiary/aromatic N) is 5. The van der Waals surface area contributed by atoms with Crippen LogP contribution in [-0.2, 0) is 34.1 Å². The number of benzene rings is 4. The molecule has 6 aromatic rings. The van der Waals surface area contributed by atoms with E-state index in [1.807, 2.05) is 62.4 Å². The number of likely N-dealkylation sites (tertiary alicyclic amines) is 2. The van der Waals surface area contributed by atoms with Crippen molar-refractivity contribution in [1.82, 2.24) is 19.8 Å². The fourth-order valence-corrected chi connectivity index (χ4v) is 10.8. The summed E-state index contributed by atoms with van der Waals surface area (Å²) in [5.41, 5.74) is 8.54. The molecule has 0 saturated carbocycles. The second kappa shape index (κ2) is 20.6. The molecule has 0 unspecified atom stereocenters. The van der Waals surface area contributed by atoms with Crippen LogP contribution in [-0.4, -0.2) is 106 Å². The number of amides is 1. The van der Waals surface area contributed by atoms with Crippen molar-refractivity contribution in [3.05, 3.63) is 125 Å². The van der Waals surface area contributed by atoms with Gasteiger partial charge in [-0.25, -0.2) is 12.8 Å². The minimum absolute atomic E-state index is 0.0300. The number of rotatable bonds is 13. The van der Waals surface area contributed by atoms with E-state index >= 15 is 0 Å². The normalized spacial score (nSPS) is 17.1. The minimum atomic E-state index is -3.49. The van der Waals surface area contributed by atoms with Crippen molar-refractivity contribution < 1.29 is 31.8 Å². The summed E-state index contributed by atoms with van der Waals surface area (Å²) in [5, 5.41) is 5.08. The highest BCUT2D eigenvalue weighted by atomic mass is 32.2. The van der Waals surface area contributed by atoms with Crippen LogP contribution in [0.5, 0.6) is 17.2 Å². The number of carbonyl (C=O) groups is 1. The lowest BCUT2D eigenvalue weighted by atomic mass is 9.89. The number of pyridine rings is 2. The summed E-state index contributed by atoms with van der Waals surface area (Å²) in [4.78, 5) is 25.6. The second-order valence-electron chi connectivity index (χ2n) is 18.6. The third kappa shape index (κ3) is 11.5. The Kier molecular flexibility index (Phi) is 14.2. The van der Waals surface area contributed by atoms with E-state index in [0.29, 0.717) is 43.6 Å². The van der Waals surface area contributed by atoms with Gasteiger partial charge in [0.2, 0.25) is 15.9 Å². The fourth-order valence-electron chi connectivity index (χ4n) is 9.94. The van der Waals surface area contributed by atoms with Gasteiger partial charge in [0, 0.05) is 40.9 Å². The highest BCUT2D eigenvalue weighted by Gasteiger charge is 2.29. The highest BCUT2D eigenvalue weighted by molar-refractivity contribution is 7.92. The summed E-state index contributed by atoms with van der Waals surface area (Å²) in [6.45, 7) is 11.6. The number of ether oxygens (including phenoxy) is 3. The number of piperidine rings is 2. The van der Waals surface area contributed by atoms with Crippen LogP contribution in [0, 0.1) is 31.5 Å². The molecule has 4 aliphatic heterocycles. The van der Waals surface area contributed by atoms with Gasteiger partial charge in [-0.1, -0.05) is 24.3 Å². The third-order valence-corrected chi connectivity index (χ3v) is 14.7. The van der Waals surface area contributed by atoms with E-state index in [4.69, 9.17) is 14.2 Å². The number of aryl methyl sites for hydroxylation is 2. The van der Waals surface area contributed by atoms with Gasteiger partial charge in [-0.15, -0.1) is 0 Å². The molecular formula is C53H61FN6O6S. The second-order valence-corrected chi connectivity index (χ2v) is 20.5. The average Bonchev–Trinajstić information content (AvgIpc) is 3.69. The molecule has 2 fully saturated rings. The molecule has 0 aliphatic carbocycles. The maximum Gasteiger partial charge on any atom is 0.232 e. The van der Waals surface area contributed by atoms with Crippen LogP contribution >= 0.6 is 0 Å². The number of sulfonamides is 1. The Morgan fingerprint density at radius 3 is 1.85 bits per heavy atom. The van der Waals surface area contributed by atoms with Gasteiger partial charge in [0.25, 0.3) is 0 Å². The van der Waals surface area contributed by atoms with Crippen molar-refractivity contribution in [2.75, 3.05) is 81.5 Å². The molecule has 352 valence electrons. The Morgan fingerprint density at radius 2 is 1.28 bits per heavy atom. The van der Waals surface area contributed by atoms with E-state index < -0.39 is 15.8 Å². The lowest BCUT2D eigenvalue weighted by Crippen LogP contribution is -2.38. The minimum Gasteiger partial charge on any atom is -0.492 e. The van der Waals surface area contributed by atoms with Crippen LogP contribution in [0.4, 0.5) is 15.8 Å². The zero-order valence-corrected chi connectivity index (χ0v) is 39.6. The first-order chi connectivity index (χ1) is 32.4. The molecule has 14 heteroatoms. The van der Waals surface area contributed by atoms with Gasteiger partial charge in [0.1, 0.15) is 31.3 Å². The molecule has 1 N–H and O–H groups in total. The van der Waals surface area contributed by atoms with Gasteiger partial charge < -0.3 is 19.5 Å². The van der Waals surface area contributed by atoms with Crippen molar-refractivity contribution >= 4 is 49.1 Å². The predicted molar refractivity (Wildman–Crippen MR) is 263 cm³/mol. The van der Waals surface area contributed by atoms with E-state index in [1.165, 1.54) is 28.8 Å². The number of hydrogen-bond acceptors (Lipinski definition) is 10. The van der Waals surface area contributed by atoms with E-state index in [2.05, 4.69) is 55.4 Å². The van der Waals surface area contributed by atoms with Gasteiger partial charge in [-0.2, -0.15) is 0 Å². The summed E-state index contributed by atoms with van der Waals surface area (Å²) in [6.07, 6.45) is 7.90. The van der Waals surface area contributed by atoms with Crippen molar-refractivity contribution in [3.63, 3.8) is 0 Å². The topological polar surface area (TPSA) is 126 Å². The summed E-state index contributed by atoms with van der Waals surface area (Å²) < 4.78 is 58.0. The number of halogens is 1. The molecule has 2 saturated heterocycles. The largest absolute Gasteiger partial charge is 0.492 e. The Balaban J connectivity index is 0.000000170. The lowest BCUT2D eigenvalue weighted by Gasteiger charge is -2.33. The molecule has 10 rings (SSSR count). The van der Waals surface area contributed by atoms with Gasteiger partial charge >= 0.3 is 0 Å². The molecule has 2 aromatic heterocycles. The Hall–Kier alpha value is -5.83. The zero-order chi connectivity index (χ0) is 46.5. The molecule has 4 aromatic carbocycles. The molecule has 4 aliphatic rings. The average molecular weight is 929 g/mol. The van der Waals surface area contributed by atoms with Crippen LogP contribution < -0.4 is 23.8 Å². The first kappa shape index (κ1) is 46.3. The molecular weight excluding hydrogens is 868 g/mol. The Bertz CT molecular complexity index is 2850. The van der Waals surface area contributed by atoms with Gasteiger partial charge in [0.05, 0.1) is 35.9 Å². The number of aromatic nitrogens is 2. The molecule has 12 nitrogen and oxygen atoms in total. The zero-order valence-electron chi connectivity index (χ0n) is 38.8. The van der Waals surface area contributed by atoms with E-state index in [-0.39, 0.29) is 24.8 Å². The van der Waals surface area contributed by atoms with E-state index in [9.17, 15) is 17.6 Å². The van der Waals surface area contributed by atoms with Gasteiger partial charge in [-0.3, -0.25) is 28.9 Å². The van der Waals surface area contributed by atoms with Crippen LogP contribution in [0.25, 0.3) is 21.8 Å². The standard InChI is InChI=1S/C27H32FN3O4S.C26H29N3O2/c1-19-6-7-22-24(29-19)4-3-5-26(22)34-14-12-30-10-8-20(9-11-30)16-21-17-23(28)27-25(18-21)31(13-15-35-27)36(2,32)33;1-18-5-8-22-23(27-18)3-2-4-25(22)31-14-13-29-11-9-19(10-12-29)15-20-6-7-21-17-26(30)28-24(21)16-20/h3-7,17-18,20H,8-16H2,1-2H3;2-8,16,19H,9-15,17H2,1H3,(H,28,30). The first-order valence-corrected chi connectivity index (χ1v) is 25.5. The van der Waals surface area contributed by atoms with Crippen molar-refractivity contribution in [2.45, 2.75) is 58.8 Å². The maximum absolute atomic E-state index is 14.7. The van der Waals surface area contributed by atoms with Gasteiger partial charge in [0.15, 0.2) is 11.6 Å². The molecule has 1 amide bonds. The Morgan fingerprint density at radius 1 is 0.716 bits per heavy atom. The summed E-state index contributed by atoms with van der Waals surface area (Å²) >= 11 is 0.